The van der Waals surface area contributed by atoms with Crippen molar-refractivity contribution in [2.45, 2.75) is 6.42 Å². The topological polar surface area (TPSA) is 83.3 Å². The van der Waals surface area contributed by atoms with Gasteiger partial charge in [-0.2, -0.15) is 5.26 Å². The van der Waals surface area contributed by atoms with E-state index in [0.29, 0.717) is 27.8 Å². The minimum Gasteiger partial charge on any atom is -0.452 e. The van der Waals surface area contributed by atoms with Crippen LogP contribution >= 0.6 is 0 Å². The highest BCUT2D eigenvalue weighted by atomic mass is 16.5. The lowest BCUT2D eigenvalue weighted by Gasteiger charge is -2.21. The van der Waals surface area contributed by atoms with Gasteiger partial charge < -0.3 is 9.64 Å². The summed E-state index contributed by atoms with van der Waals surface area (Å²) in [6.45, 7) is -0.219. The summed E-state index contributed by atoms with van der Waals surface area (Å²) in [7, 11) is 0. The molecule has 1 heterocycles. The number of amides is 1. The number of rotatable bonds is 7. The number of pyridine rings is 1. The molecule has 0 aliphatic rings. The van der Waals surface area contributed by atoms with Crippen LogP contribution < -0.4 is 4.90 Å². The quantitative estimate of drug-likeness (QED) is 0.381. The highest BCUT2D eigenvalue weighted by Gasteiger charge is 2.20. The number of fused-ring (bicyclic) bond motifs is 1. The number of carbonyl (C=O) groups is 2. The van der Waals surface area contributed by atoms with Crippen molar-refractivity contribution in [3.05, 3.63) is 96.6 Å². The molecule has 0 unspecified atom stereocenters. The Hall–Kier alpha value is -4.50. The van der Waals surface area contributed by atoms with Gasteiger partial charge in [-0.05, 0) is 24.3 Å². The van der Waals surface area contributed by atoms with E-state index in [0.717, 1.165) is 5.56 Å². The number of nitrogens with zero attached hydrogens (tertiary/aromatic N) is 3. The van der Waals surface area contributed by atoms with Crippen molar-refractivity contribution in [3.63, 3.8) is 0 Å². The van der Waals surface area contributed by atoms with Crippen LogP contribution in [0.25, 0.3) is 22.2 Å². The van der Waals surface area contributed by atoms with E-state index in [2.05, 4.69) is 4.98 Å². The molecule has 6 heteroatoms. The number of hydrogen-bond acceptors (Lipinski definition) is 5. The molecule has 0 bridgehead atoms. The minimum absolute atomic E-state index is 0.171. The molecule has 3 aromatic carbocycles. The maximum atomic E-state index is 13.0. The Labute approximate surface area is 191 Å². The second kappa shape index (κ2) is 10.2. The SMILES string of the molecule is N#CCCN(C(=O)COC(=O)c1cc(-c2ccccc2)nc2ccccc12)c1ccccc1. The first-order valence-electron chi connectivity index (χ1n) is 10.5. The monoisotopic (exact) mass is 435 g/mol. The van der Waals surface area contributed by atoms with Gasteiger partial charge in [-0.1, -0.05) is 66.7 Å². The number of benzene rings is 3. The van der Waals surface area contributed by atoms with E-state index in [-0.39, 0.29) is 13.0 Å². The van der Waals surface area contributed by atoms with E-state index in [1.165, 1.54) is 4.90 Å². The second-order valence-electron chi connectivity index (χ2n) is 7.30. The lowest BCUT2D eigenvalue weighted by atomic mass is 10.0. The molecule has 0 radical (unpaired) electrons. The highest BCUT2D eigenvalue weighted by molar-refractivity contribution is 6.05. The van der Waals surface area contributed by atoms with Crippen molar-refractivity contribution in [1.29, 1.82) is 5.26 Å². The zero-order chi connectivity index (χ0) is 23.0. The van der Waals surface area contributed by atoms with Crippen molar-refractivity contribution in [2.24, 2.45) is 0 Å². The average molecular weight is 435 g/mol. The van der Waals surface area contributed by atoms with Gasteiger partial charge in [-0.25, -0.2) is 9.78 Å². The number of aromatic nitrogens is 1. The van der Waals surface area contributed by atoms with Crippen LogP contribution in [0.15, 0.2) is 91.0 Å². The molecule has 1 amide bonds. The van der Waals surface area contributed by atoms with E-state index in [9.17, 15) is 9.59 Å². The number of anilines is 1. The van der Waals surface area contributed by atoms with E-state index in [4.69, 9.17) is 10.00 Å². The molecule has 0 aliphatic heterocycles. The van der Waals surface area contributed by atoms with Gasteiger partial charge in [0, 0.05) is 23.2 Å². The Morgan fingerprint density at radius 1 is 0.909 bits per heavy atom. The van der Waals surface area contributed by atoms with Crippen molar-refractivity contribution in [3.8, 4) is 17.3 Å². The fourth-order valence-electron chi connectivity index (χ4n) is 3.55. The summed E-state index contributed by atoms with van der Waals surface area (Å²) >= 11 is 0. The summed E-state index contributed by atoms with van der Waals surface area (Å²) in [5, 5.41) is 9.60. The van der Waals surface area contributed by atoms with E-state index >= 15 is 0 Å². The Balaban J connectivity index is 1.58. The van der Waals surface area contributed by atoms with Crippen LogP contribution in [0.5, 0.6) is 0 Å². The van der Waals surface area contributed by atoms with Gasteiger partial charge in [0.15, 0.2) is 6.61 Å². The van der Waals surface area contributed by atoms with Crippen molar-refractivity contribution < 1.29 is 14.3 Å². The van der Waals surface area contributed by atoms with Gasteiger partial charge in [-0.3, -0.25) is 4.79 Å². The number of nitriles is 1. The molecule has 0 atom stereocenters. The molecule has 4 aromatic rings. The Kier molecular flexibility index (Phi) is 6.72. The van der Waals surface area contributed by atoms with Crippen molar-refractivity contribution >= 4 is 28.5 Å². The lowest BCUT2D eigenvalue weighted by molar-refractivity contribution is -0.121. The molecule has 162 valence electrons. The maximum Gasteiger partial charge on any atom is 0.339 e. The molecule has 0 N–H and O–H groups in total. The molecule has 0 fully saturated rings. The first-order chi connectivity index (χ1) is 16.2. The van der Waals surface area contributed by atoms with Gasteiger partial charge in [-0.15, -0.1) is 0 Å². The third kappa shape index (κ3) is 5.05. The first-order valence-corrected chi connectivity index (χ1v) is 10.5. The van der Waals surface area contributed by atoms with E-state index in [1.807, 2.05) is 72.8 Å². The Morgan fingerprint density at radius 3 is 2.30 bits per heavy atom. The van der Waals surface area contributed by atoms with Gasteiger partial charge in [0.25, 0.3) is 5.91 Å². The standard InChI is InChI=1S/C27H21N3O3/c28-16-9-17-30(21-12-5-2-6-13-21)26(31)19-33-27(32)23-18-25(20-10-3-1-4-11-20)29-24-15-8-7-14-22(23)24/h1-8,10-15,18H,9,17,19H2. The third-order valence-electron chi connectivity index (χ3n) is 5.15. The van der Waals surface area contributed by atoms with Crippen molar-refractivity contribution in [1.82, 2.24) is 4.98 Å². The van der Waals surface area contributed by atoms with Crippen LogP contribution in [0.3, 0.4) is 0 Å². The average Bonchev–Trinajstić information content (AvgIpc) is 2.88. The first kappa shape index (κ1) is 21.7. The molecular weight excluding hydrogens is 414 g/mol. The molecule has 6 nitrogen and oxygen atoms in total. The minimum atomic E-state index is -0.604. The number of para-hydroxylation sites is 2. The van der Waals surface area contributed by atoms with Gasteiger partial charge >= 0.3 is 5.97 Å². The summed E-state index contributed by atoms with van der Waals surface area (Å²) in [4.78, 5) is 32.0. The fourth-order valence-corrected chi connectivity index (χ4v) is 3.55. The summed E-state index contributed by atoms with van der Waals surface area (Å²) in [6.07, 6.45) is 0.171. The smallest absolute Gasteiger partial charge is 0.339 e. The van der Waals surface area contributed by atoms with Crippen LogP contribution in [0, 0.1) is 11.3 Å². The van der Waals surface area contributed by atoms with E-state index in [1.54, 1.807) is 24.3 Å². The van der Waals surface area contributed by atoms with Crippen LogP contribution in [0.1, 0.15) is 16.8 Å². The zero-order valence-electron chi connectivity index (χ0n) is 17.8. The van der Waals surface area contributed by atoms with E-state index < -0.39 is 18.5 Å². The molecule has 0 spiro atoms. The predicted octanol–water partition coefficient (Wildman–Crippen LogP) is 5.01. The second-order valence-corrected chi connectivity index (χ2v) is 7.30. The number of ether oxygens (including phenoxy) is 1. The lowest BCUT2D eigenvalue weighted by Crippen LogP contribution is -2.35. The maximum absolute atomic E-state index is 13.0. The third-order valence-corrected chi connectivity index (χ3v) is 5.15. The number of esters is 1. The Bertz CT molecular complexity index is 1320. The van der Waals surface area contributed by atoms with Crippen LogP contribution in [-0.2, 0) is 9.53 Å². The van der Waals surface area contributed by atoms with Crippen LogP contribution in [0.4, 0.5) is 5.69 Å². The largest absolute Gasteiger partial charge is 0.452 e. The predicted molar refractivity (Wildman–Crippen MR) is 126 cm³/mol. The van der Waals surface area contributed by atoms with Gasteiger partial charge in [0.2, 0.25) is 0 Å². The normalized spacial score (nSPS) is 10.4. The molecule has 1 aromatic heterocycles. The number of hydrogen-bond donors (Lipinski definition) is 0. The summed E-state index contributed by atoms with van der Waals surface area (Å²) < 4.78 is 5.43. The highest BCUT2D eigenvalue weighted by Crippen LogP contribution is 2.25. The fraction of sp³-hybridized carbons (Fsp3) is 0.111. The summed E-state index contributed by atoms with van der Waals surface area (Å²) in [5.74, 6) is -1.00. The molecule has 0 aliphatic carbocycles. The van der Waals surface area contributed by atoms with Gasteiger partial charge in [0.1, 0.15) is 0 Å². The molecule has 0 saturated carbocycles. The van der Waals surface area contributed by atoms with Crippen LogP contribution in [0.2, 0.25) is 0 Å². The number of carbonyl (C=O) groups excluding carboxylic acids is 2. The van der Waals surface area contributed by atoms with Gasteiger partial charge in [0.05, 0.1) is 29.3 Å². The molecule has 0 saturated heterocycles. The molecule has 4 rings (SSSR count). The van der Waals surface area contributed by atoms with Crippen molar-refractivity contribution in [2.75, 3.05) is 18.1 Å². The van der Waals surface area contributed by atoms with Crippen LogP contribution in [-0.4, -0.2) is 30.0 Å². The summed E-state index contributed by atoms with van der Waals surface area (Å²) in [5.41, 5.74) is 3.18. The Morgan fingerprint density at radius 2 is 1.58 bits per heavy atom. The molecule has 33 heavy (non-hydrogen) atoms. The molecular formula is C27H21N3O3. The zero-order valence-corrected chi connectivity index (χ0v) is 17.8. The summed E-state index contributed by atoms with van der Waals surface area (Å²) in [6, 6.07) is 29.6.